The van der Waals surface area contributed by atoms with E-state index in [0.717, 1.165) is 18.7 Å². The van der Waals surface area contributed by atoms with E-state index in [4.69, 9.17) is 0 Å². The number of nitrogens with zero attached hydrogens (tertiary/aromatic N) is 1. The Morgan fingerprint density at radius 1 is 1.43 bits per heavy atom. The lowest BCUT2D eigenvalue weighted by Crippen LogP contribution is -2.25. The van der Waals surface area contributed by atoms with Crippen molar-refractivity contribution in [3.8, 4) is 0 Å². The van der Waals surface area contributed by atoms with Gasteiger partial charge < -0.3 is 10.6 Å². The fourth-order valence-electron chi connectivity index (χ4n) is 1.80. The fourth-order valence-corrected chi connectivity index (χ4v) is 1.80. The highest BCUT2D eigenvalue weighted by Gasteiger charge is 2.17. The zero-order valence-electron chi connectivity index (χ0n) is 8.75. The van der Waals surface area contributed by atoms with Crippen LogP contribution in [0.25, 0.3) is 0 Å². The summed E-state index contributed by atoms with van der Waals surface area (Å²) < 4.78 is 0. The number of rotatable bonds is 1. The van der Waals surface area contributed by atoms with Gasteiger partial charge in [0.05, 0.1) is 17.6 Å². The van der Waals surface area contributed by atoms with Crippen molar-refractivity contribution in [3.63, 3.8) is 0 Å². The molecule has 0 spiro atoms. The first-order valence-corrected chi connectivity index (χ1v) is 5.22. The highest BCUT2D eigenvalue weighted by atomic mass is 15.0. The normalized spacial score (nSPS) is 20.6. The molecule has 3 heteroatoms. The van der Waals surface area contributed by atoms with Gasteiger partial charge in [0.25, 0.3) is 0 Å². The SMILES string of the molecule is CC(C)C1CCNc2cnccc2N1. The maximum Gasteiger partial charge on any atom is 0.0762 e. The van der Waals surface area contributed by atoms with Gasteiger partial charge in [-0.2, -0.15) is 0 Å². The number of hydrogen-bond acceptors (Lipinski definition) is 3. The van der Waals surface area contributed by atoms with Crippen LogP contribution in [0.3, 0.4) is 0 Å². The van der Waals surface area contributed by atoms with Gasteiger partial charge in [0.15, 0.2) is 0 Å². The quantitative estimate of drug-likeness (QED) is 0.715. The molecule has 0 bridgehead atoms. The highest BCUT2D eigenvalue weighted by molar-refractivity contribution is 5.68. The molecule has 0 aromatic carbocycles. The van der Waals surface area contributed by atoms with E-state index in [0.29, 0.717) is 12.0 Å². The van der Waals surface area contributed by atoms with E-state index in [1.54, 1.807) is 0 Å². The van der Waals surface area contributed by atoms with Gasteiger partial charge >= 0.3 is 0 Å². The maximum atomic E-state index is 4.11. The second-order valence-corrected chi connectivity index (χ2v) is 4.13. The molecule has 1 aromatic heterocycles. The standard InChI is InChI=1S/C11H17N3/c1-8(2)9-4-6-13-11-7-12-5-3-10(11)14-9/h3,5,7-9,13-14H,4,6H2,1-2H3. The van der Waals surface area contributed by atoms with Crippen LogP contribution in [0.5, 0.6) is 0 Å². The molecule has 1 aliphatic heterocycles. The second kappa shape index (κ2) is 3.86. The van der Waals surface area contributed by atoms with Crippen molar-refractivity contribution in [2.24, 2.45) is 5.92 Å². The van der Waals surface area contributed by atoms with E-state index >= 15 is 0 Å². The van der Waals surface area contributed by atoms with Crippen molar-refractivity contribution < 1.29 is 0 Å². The number of anilines is 2. The number of aromatic nitrogens is 1. The van der Waals surface area contributed by atoms with E-state index < -0.39 is 0 Å². The van der Waals surface area contributed by atoms with E-state index in [1.807, 2.05) is 18.5 Å². The Morgan fingerprint density at radius 2 is 2.29 bits per heavy atom. The van der Waals surface area contributed by atoms with Gasteiger partial charge in [0.1, 0.15) is 0 Å². The maximum absolute atomic E-state index is 4.11. The predicted octanol–water partition coefficient (Wildman–Crippen LogP) is 2.33. The molecule has 3 nitrogen and oxygen atoms in total. The highest BCUT2D eigenvalue weighted by Crippen LogP contribution is 2.25. The minimum atomic E-state index is 0.561. The average Bonchev–Trinajstić information content (AvgIpc) is 2.39. The van der Waals surface area contributed by atoms with Gasteiger partial charge in [-0.05, 0) is 18.4 Å². The third-order valence-electron chi connectivity index (χ3n) is 2.74. The van der Waals surface area contributed by atoms with Crippen LogP contribution < -0.4 is 10.6 Å². The molecule has 0 radical (unpaired) electrons. The number of hydrogen-bond donors (Lipinski definition) is 2. The van der Waals surface area contributed by atoms with E-state index in [9.17, 15) is 0 Å². The Labute approximate surface area is 84.9 Å². The summed E-state index contributed by atoms with van der Waals surface area (Å²) in [6.07, 6.45) is 4.87. The van der Waals surface area contributed by atoms with Crippen molar-refractivity contribution in [1.29, 1.82) is 0 Å². The molecule has 0 saturated carbocycles. The summed E-state index contributed by atoms with van der Waals surface area (Å²) in [5.41, 5.74) is 2.30. The predicted molar refractivity (Wildman–Crippen MR) is 59.6 cm³/mol. The van der Waals surface area contributed by atoms with Crippen LogP contribution in [0, 0.1) is 5.92 Å². The molecule has 1 aliphatic rings. The molecule has 0 fully saturated rings. The van der Waals surface area contributed by atoms with Gasteiger partial charge in [-0.3, -0.25) is 4.98 Å². The molecule has 14 heavy (non-hydrogen) atoms. The Kier molecular flexibility index (Phi) is 2.57. The fraction of sp³-hybridized carbons (Fsp3) is 0.545. The van der Waals surface area contributed by atoms with Crippen LogP contribution >= 0.6 is 0 Å². The Balaban J connectivity index is 2.22. The van der Waals surface area contributed by atoms with E-state index in [1.165, 1.54) is 5.69 Å². The second-order valence-electron chi connectivity index (χ2n) is 4.13. The summed E-state index contributed by atoms with van der Waals surface area (Å²) in [6.45, 7) is 5.53. The van der Waals surface area contributed by atoms with E-state index in [-0.39, 0.29) is 0 Å². The van der Waals surface area contributed by atoms with Crippen LogP contribution in [0.2, 0.25) is 0 Å². The Hall–Kier alpha value is -1.25. The first-order valence-electron chi connectivity index (χ1n) is 5.22. The molecule has 1 unspecified atom stereocenters. The largest absolute Gasteiger partial charge is 0.382 e. The van der Waals surface area contributed by atoms with Crippen LogP contribution in [0.15, 0.2) is 18.5 Å². The van der Waals surface area contributed by atoms with Crippen molar-refractivity contribution in [2.75, 3.05) is 17.2 Å². The van der Waals surface area contributed by atoms with Gasteiger partial charge in [0, 0.05) is 18.8 Å². The van der Waals surface area contributed by atoms with Crippen molar-refractivity contribution in [2.45, 2.75) is 26.3 Å². The summed E-state index contributed by atoms with van der Waals surface area (Å²) in [4.78, 5) is 4.11. The number of fused-ring (bicyclic) bond motifs is 1. The number of nitrogens with one attached hydrogen (secondary N) is 2. The van der Waals surface area contributed by atoms with E-state index in [2.05, 4.69) is 29.5 Å². The Bertz CT molecular complexity index is 309. The number of pyridine rings is 1. The third-order valence-corrected chi connectivity index (χ3v) is 2.74. The van der Waals surface area contributed by atoms with Crippen LogP contribution in [0.1, 0.15) is 20.3 Å². The molecular weight excluding hydrogens is 174 g/mol. The molecule has 0 aliphatic carbocycles. The van der Waals surface area contributed by atoms with Crippen LogP contribution in [-0.4, -0.2) is 17.6 Å². The van der Waals surface area contributed by atoms with Crippen LogP contribution in [-0.2, 0) is 0 Å². The first kappa shape index (κ1) is 9.31. The van der Waals surface area contributed by atoms with Crippen molar-refractivity contribution in [3.05, 3.63) is 18.5 Å². The smallest absolute Gasteiger partial charge is 0.0762 e. The van der Waals surface area contributed by atoms with Crippen LogP contribution in [0.4, 0.5) is 11.4 Å². The topological polar surface area (TPSA) is 37.0 Å². The van der Waals surface area contributed by atoms with Gasteiger partial charge in [0.2, 0.25) is 0 Å². The van der Waals surface area contributed by atoms with Gasteiger partial charge in [-0.25, -0.2) is 0 Å². The Morgan fingerprint density at radius 3 is 3.07 bits per heavy atom. The zero-order valence-corrected chi connectivity index (χ0v) is 8.75. The van der Waals surface area contributed by atoms with Gasteiger partial charge in [-0.15, -0.1) is 0 Å². The molecule has 2 rings (SSSR count). The molecule has 1 aromatic rings. The average molecular weight is 191 g/mol. The minimum absolute atomic E-state index is 0.561. The van der Waals surface area contributed by atoms with Crippen molar-refractivity contribution >= 4 is 11.4 Å². The first-order chi connectivity index (χ1) is 6.77. The summed E-state index contributed by atoms with van der Waals surface area (Å²) in [5, 5.41) is 6.94. The summed E-state index contributed by atoms with van der Waals surface area (Å²) >= 11 is 0. The zero-order chi connectivity index (χ0) is 9.97. The molecule has 2 N–H and O–H groups in total. The molecule has 2 heterocycles. The molecule has 76 valence electrons. The lowest BCUT2D eigenvalue weighted by atomic mass is 10.0. The molecule has 0 saturated heterocycles. The summed E-state index contributed by atoms with van der Waals surface area (Å²) in [6, 6.07) is 2.59. The van der Waals surface area contributed by atoms with Crippen molar-refractivity contribution in [1.82, 2.24) is 4.98 Å². The monoisotopic (exact) mass is 191 g/mol. The van der Waals surface area contributed by atoms with Gasteiger partial charge in [-0.1, -0.05) is 13.8 Å². The summed E-state index contributed by atoms with van der Waals surface area (Å²) in [5.74, 6) is 0.663. The minimum Gasteiger partial charge on any atom is -0.382 e. The lowest BCUT2D eigenvalue weighted by molar-refractivity contribution is 0.507. The molecule has 1 atom stereocenters. The molecular formula is C11H17N3. The molecule has 0 amide bonds. The summed E-state index contributed by atoms with van der Waals surface area (Å²) in [7, 11) is 0. The third kappa shape index (κ3) is 1.81. The lowest BCUT2D eigenvalue weighted by Gasteiger charge is -2.20.